The maximum atomic E-state index is 12.1. The number of aryl methyl sites for hydroxylation is 2. The van der Waals surface area contributed by atoms with Crippen LogP contribution in [0.25, 0.3) is 11.3 Å². The van der Waals surface area contributed by atoms with Gasteiger partial charge >= 0.3 is 0 Å². The summed E-state index contributed by atoms with van der Waals surface area (Å²) in [7, 11) is 0. The molecule has 0 atom stereocenters. The normalized spacial score (nSPS) is 15.0. The highest BCUT2D eigenvalue weighted by Gasteiger charge is 2.21. The molecule has 2 N–H and O–H groups in total. The Morgan fingerprint density at radius 1 is 1.32 bits per heavy atom. The molecule has 1 aliphatic heterocycles. The molecule has 100 valence electrons. The van der Waals surface area contributed by atoms with Crippen molar-refractivity contribution in [3.63, 3.8) is 0 Å². The maximum Gasteiger partial charge on any atom is 0.194 e. The molecule has 0 saturated heterocycles. The maximum absolute atomic E-state index is 12.1. The highest BCUT2D eigenvalue weighted by molar-refractivity contribution is 5.63. The average molecular weight is 257 g/mol. The van der Waals surface area contributed by atoms with Gasteiger partial charge in [-0.2, -0.15) is 0 Å². The van der Waals surface area contributed by atoms with Crippen LogP contribution in [0.4, 0.5) is 5.88 Å². The lowest BCUT2D eigenvalue weighted by molar-refractivity contribution is 0.577. The molecule has 0 bridgehead atoms. The molecule has 0 amide bonds. The van der Waals surface area contributed by atoms with Crippen molar-refractivity contribution >= 4 is 5.88 Å². The van der Waals surface area contributed by atoms with E-state index in [4.69, 9.17) is 10.2 Å². The summed E-state index contributed by atoms with van der Waals surface area (Å²) in [5.41, 5.74) is 8.51. The van der Waals surface area contributed by atoms with Crippen molar-refractivity contribution in [3.05, 3.63) is 39.5 Å². The third-order valence-corrected chi connectivity index (χ3v) is 3.94. The predicted molar refractivity (Wildman–Crippen MR) is 76.4 cm³/mol. The number of nitrogens with two attached hydrogens (primary N) is 1. The fourth-order valence-electron chi connectivity index (χ4n) is 2.51. The summed E-state index contributed by atoms with van der Waals surface area (Å²) in [6.07, 6.45) is 5.59. The van der Waals surface area contributed by atoms with Crippen LogP contribution in [-0.2, 0) is 12.8 Å². The topological polar surface area (TPSA) is 56.2 Å². The second-order valence-corrected chi connectivity index (χ2v) is 5.48. The minimum absolute atomic E-state index is 0.0433. The van der Waals surface area contributed by atoms with E-state index in [1.807, 2.05) is 19.1 Å². The summed E-state index contributed by atoms with van der Waals surface area (Å²) in [5, 5.41) is 0. The van der Waals surface area contributed by atoms with Gasteiger partial charge in [0, 0.05) is 5.56 Å². The van der Waals surface area contributed by atoms with Crippen LogP contribution >= 0.6 is 0 Å². The molecule has 19 heavy (non-hydrogen) atoms. The molecular weight excluding hydrogens is 238 g/mol. The zero-order valence-corrected chi connectivity index (χ0v) is 11.2. The summed E-state index contributed by atoms with van der Waals surface area (Å²) in [5.74, 6) is 1.91. The van der Waals surface area contributed by atoms with E-state index in [1.165, 1.54) is 19.3 Å². The molecule has 0 unspecified atom stereocenters. The van der Waals surface area contributed by atoms with Crippen molar-refractivity contribution in [2.24, 2.45) is 5.92 Å². The van der Waals surface area contributed by atoms with Gasteiger partial charge < -0.3 is 10.2 Å². The Balaban J connectivity index is 1.99. The lowest BCUT2D eigenvalue weighted by Crippen LogP contribution is -2.08. The number of nitrogen functional groups attached to an aromatic ring is 1. The Morgan fingerprint density at radius 3 is 2.79 bits per heavy atom. The molecule has 0 radical (unpaired) electrons. The van der Waals surface area contributed by atoms with E-state index in [1.54, 1.807) is 6.07 Å². The fourth-order valence-corrected chi connectivity index (χ4v) is 2.51. The molecule has 3 nitrogen and oxygen atoms in total. The van der Waals surface area contributed by atoms with E-state index >= 15 is 0 Å². The van der Waals surface area contributed by atoms with Gasteiger partial charge in [0.25, 0.3) is 0 Å². The molecule has 3 rings (SSSR count). The Hall–Kier alpha value is -1.77. The van der Waals surface area contributed by atoms with Crippen molar-refractivity contribution in [3.8, 4) is 11.3 Å². The summed E-state index contributed by atoms with van der Waals surface area (Å²) < 4.78 is 5.61. The summed E-state index contributed by atoms with van der Waals surface area (Å²) in [4.78, 5) is 12.1. The molecular formula is C16H19NO2. The van der Waals surface area contributed by atoms with Crippen LogP contribution in [0.2, 0.25) is 0 Å². The van der Waals surface area contributed by atoms with Gasteiger partial charge in [0.2, 0.25) is 0 Å². The largest absolute Gasteiger partial charge is 0.441 e. The first kappa shape index (κ1) is 12.3. The van der Waals surface area contributed by atoms with Gasteiger partial charge in [0.05, 0.1) is 5.56 Å². The SMILES string of the molecule is CCc1cc2c(=O)cc(CCC3CC3)cc-2oc1N. The third kappa shape index (κ3) is 2.50. The first-order valence-electron chi connectivity index (χ1n) is 7.02. The second-order valence-electron chi connectivity index (χ2n) is 5.48. The van der Waals surface area contributed by atoms with Gasteiger partial charge in [0.1, 0.15) is 5.76 Å². The van der Waals surface area contributed by atoms with Crippen molar-refractivity contribution in [1.82, 2.24) is 0 Å². The Bertz CT molecular complexity index is 625. The van der Waals surface area contributed by atoms with Crippen LogP contribution in [0.5, 0.6) is 0 Å². The van der Waals surface area contributed by atoms with Crippen LogP contribution in [0.15, 0.2) is 27.4 Å². The number of rotatable bonds is 4. The van der Waals surface area contributed by atoms with Gasteiger partial charge in [-0.05, 0) is 48.9 Å². The lowest BCUT2D eigenvalue weighted by Gasteiger charge is -2.10. The zero-order chi connectivity index (χ0) is 13.4. The van der Waals surface area contributed by atoms with E-state index in [0.717, 1.165) is 29.9 Å². The van der Waals surface area contributed by atoms with E-state index in [0.29, 0.717) is 17.2 Å². The van der Waals surface area contributed by atoms with Crippen LogP contribution < -0.4 is 11.2 Å². The van der Waals surface area contributed by atoms with Crippen molar-refractivity contribution in [1.29, 1.82) is 0 Å². The second kappa shape index (κ2) is 4.72. The van der Waals surface area contributed by atoms with Gasteiger partial charge in [-0.25, -0.2) is 0 Å². The molecule has 0 aromatic rings. The van der Waals surface area contributed by atoms with E-state index in [9.17, 15) is 4.79 Å². The highest BCUT2D eigenvalue weighted by atomic mass is 16.3. The molecule has 1 fully saturated rings. The van der Waals surface area contributed by atoms with Gasteiger partial charge in [-0.15, -0.1) is 0 Å². The standard InChI is InChI=1S/C16H19NO2/c1-2-12-9-13-14(18)7-11(6-5-10-3-4-10)8-15(13)19-16(12)17/h7-10H,2-6,17H2,1H3. The Labute approximate surface area is 112 Å². The molecule has 0 spiro atoms. The first-order chi connectivity index (χ1) is 9.17. The van der Waals surface area contributed by atoms with Crippen LogP contribution in [0.1, 0.15) is 37.3 Å². The average Bonchev–Trinajstić information content (AvgIpc) is 3.19. The number of hydrogen-bond donors (Lipinski definition) is 1. The molecule has 1 heterocycles. The van der Waals surface area contributed by atoms with Crippen molar-refractivity contribution in [2.45, 2.75) is 39.0 Å². The molecule has 2 aliphatic carbocycles. The monoisotopic (exact) mass is 257 g/mol. The Kier molecular flexibility index (Phi) is 3.05. The number of hydrogen-bond acceptors (Lipinski definition) is 3. The van der Waals surface area contributed by atoms with Gasteiger partial charge in [0.15, 0.2) is 11.3 Å². The van der Waals surface area contributed by atoms with E-state index < -0.39 is 0 Å². The quantitative estimate of drug-likeness (QED) is 0.914. The minimum Gasteiger partial charge on any atom is -0.441 e. The smallest absolute Gasteiger partial charge is 0.194 e. The summed E-state index contributed by atoms with van der Waals surface area (Å²) >= 11 is 0. The van der Waals surface area contributed by atoms with Gasteiger partial charge in [-0.1, -0.05) is 19.8 Å². The fraction of sp³-hybridized carbons (Fsp3) is 0.438. The van der Waals surface area contributed by atoms with Crippen LogP contribution in [-0.4, -0.2) is 0 Å². The highest BCUT2D eigenvalue weighted by Crippen LogP contribution is 2.34. The molecule has 1 saturated carbocycles. The molecule has 0 aromatic heterocycles. The number of fused-ring (bicyclic) bond motifs is 1. The molecule has 3 heteroatoms. The van der Waals surface area contributed by atoms with Crippen LogP contribution in [0, 0.1) is 5.92 Å². The summed E-state index contributed by atoms with van der Waals surface area (Å²) in [6, 6.07) is 5.58. The first-order valence-corrected chi connectivity index (χ1v) is 7.02. The predicted octanol–water partition coefficient (Wildman–Crippen LogP) is 3.23. The van der Waals surface area contributed by atoms with Crippen molar-refractivity contribution < 1.29 is 4.42 Å². The summed E-state index contributed by atoms with van der Waals surface area (Å²) in [6.45, 7) is 2.00. The third-order valence-electron chi connectivity index (χ3n) is 3.94. The Morgan fingerprint density at radius 2 is 2.11 bits per heavy atom. The van der Waals surface area contributed by atoms with Crippen molar-refractivity contribution in [2.75, 3.05) is 5.73 Å². The molecule has 0 aromatic carbocycles. The van der Waals surface area contributed by atoms with Gasteiger partial charge in [-0.3, -0.25) is 4.79 Å². The van der Waals surface area contributed by atoms with E-state index in [2.05, 4.69) is 0 Å². The minimum atomic E-state index is 0.0433. The lowest BCUT2D eigenvalue weighted by atomic mass is 10.0. The van der Waals surface area contributed by atoms with Crippen LogP contribution in [0.3, 0.4) is 0 Å². The number of benzene rings is 1. The molecule has 3 aliphatic rings. The number of anilines is 1. The zero-order valence-electron chi connectivity index (χ0n) is 11.2. The van der Waals surface area contributed by atoms with E-state index in [-0.39, 0.29) is 5.43 Å².